The molecule has 0 fully saturated rings. The number of halogens is 2. The molecule has 0 aliphatic rings. The highest BCUT2D eigenvalue weighted by Crippen LogP contribution is 2.22. The minimum Gasteiger partial charge on any atom is -0.296 e. The van der Waals surface area contributed by atoms with E-state index in [1.165, 1.54) is 12.4 Å². The Hall–Kier alpha value is -3.15. The molecule has 5 aromatic rings. The van der Waals surface area contributed by atoms with Gasteiger partial charge < -0.3 is 0 Å². The van der Waals surface area contributed by atoms with E-state index in [0.29, 0.717) is 18.9 Å². The van der Waals surface area contributed by atoms with E-state index in [9.17, 15) is 8.78 Å². The van der Waals surface area contributed by atoms with Gasteiger partial charge in [0.1, 0.15) is 5.82 Å². The first-order valence-corrected chi connectivity index (χ1v) is 11.6. The highest BCUT2D eigenvalue weighted by atomic mass is 32.1. The highest BCUT2D eigenvalue weighted by Gasteiger charge is 2.19. The van der Waals surface area contributed by atoms with Crippen LogP contribution in [0.2, 0.25) is 0 Å². The van der Waals surface area contributed by atoms with Crippen LogP contribution in [0.1, 0.15) is 23.8 Å². The highest BCUT2D eigenvalue weighted by molar-refractivity contribution is 7.12. The average molecular weight is 472 g/mol. The van der Waals surface area contributed by atoms with Gasteiger partial charge in [-0.15, -0.1) is 22.7 Å². The molecule has 0 saturated carbocycles. The Balaban J connectivity index is 1.46. The lowest BCUT2D eigenvalue weighted by Crippen LogP contribution is -2.26. The second-order valence-corrected chi connectivity index (χ2v) is 8.79. The molecule has 0 aromatic carbocycles. The molecule has 0 radical (unpaired) electrons. The average Bonchev–Trinajstić information content (AvgIpc) is 3.59. The normalized spacial score (nSPS) is 11.8. The van der Waals surface area contributed by atoms with Gasteiger partial charge in [-0.3, -0.25) is 18.6 Å². The molecular formula is C21H19F2N7S2. The number of hydrogen-bond acceptors (Lipinski definition) is 6. The molecular weight excluding hydrogens is 452 g/mol. The zero-order valence-corrected chi connectivity index (χ0v) is 18.5. The molecule has 0 saturated heterocycles. The molecule has 0 amide bonds. The first-order valence-electron chi connectivity index (χ1n) is 9.83. The summed E-state index contributed by atoms with van der Waals surface area (Å²) in [6.07, 6.45) is 10.2. The Kier molecular flexibility index (Phi) is 5.93. The van der Waals surface area contributed by atoms with Crippen molar-refractivity contribution in [2.75, 3.05) is 0 Å². The third-order valence-corrected chi connectivity index (χ3v) is 6.55. The van der Waals surface area contributed by atoms with Gasteiger partial charge in [-0.1, -0.05) is 0 Å². The van der Waals surface area contributed by atoms with Gasteiger partial charge in [-0.2, -0.15) is 8.78 Å². The second kappa shape index (κ2) is 9.15. The zero-order chi connectivity index (χ0) is 21.9. The predicted octanol–water partition coefficient (Wildman–Crippen LogP) is 4.98. The summed E-state index contributed by atoms with van der Waals surface area (Å²) < 4.78 is 31.9. The van der Waals surface area contributed by atoms with E-state index in [4.69, 9.17) is 0 Å². The lowest BCUT2D eigenvalue weighted by Gasteiger charge is -2.23. The van der Waals surface area contributed by atoms with Crippen LogP contribution in [0.3, 0.4) is 0 Å². The van der Waals surface area contributed by atoms with Crippen molar-refractivity contribution in [1.82, 2.24) is 33.6 Å². The number of thiazole rings is 2. The maximum Gasteiger partial charge on any atom is 0.319 e. The van der Waals surface area contributed by atoms with Gasteiger partial charge in [0.15, 0.2) is 10.3 Å². The van der Waals surface area contributed by atoms with E-state index in [2.05, 4.69) is 19.9 Å². The van der Waals surface area contributed by atoms with Gasteiger partial charge in [0.2, 0.25) is 0 Å². The van der Waals surface area contributed by atoms with Gasteiger partial charge in [0.25, 0.3) is 0 Å². The quantitative estimate of drug-likeness (QED) is 0.304. The summed E-state index contributed by atoms with van der Waals surface area (Å²) in [6.45, 7) is -1.30. The minimum atomic E-state index is -2.63. The monoisotopic (exact) mass is 471 g/mol. The Labute approximate surface area is 190 Å². The molecule has 0 N–H and O–H groups in total. The van der Waals surface area contributed by atoms with Crippen molar-refractivity contribution in [2.45, 2.75) is 26.2 Å². The zero-order valence-electron chi connectivity index (χ0n) is 16.8. The summed E-state index contributed by atoms with van der Waals surface area (Å²) in [5, 5.41) is 5.59. The van der Waals surface area contributed by atoms with Crippen molar-refractivity contribution in [3.05, 3.63) is 89.4 Å². The Morgan fingerprint density at radius 1 is 0.781 bits per heavy atom. The molecule has 164 valence electrons. The van der Waals surface area contributed by atoms with Crippen LogP contribution in [-0.2, 0) is 19.6 Å². The molecule has 0 spiro atoms. The Morgan fingerprint density at radius 2 is 1.38 bits per heavy atom. The second-order valence-electron chi connectivity index (χ2n) is 7.04. The summed E-state index contributed by atoms with van der Waals surface area (Å²) in [5.41, 5.74) is 2.03. The van der Waals surface area contributed by atoms with E-state index in [1.54, 1.807) is 35.1 Å². The van der Waals surface area contributed by atoms with Crippen LogP contribution in [0, 0.1) is 0 Å². The molecule has 0 aliphatic carbocycles. The van der Waals surface area contributed by atoms with Gasteiger partial charge in [-0.25, -0.2) is 15.0 Å². The predicted molar refractivity (Wildman–Crippen MR) is 119 cm³/mol. The number of rotatable bonds is 9. The van der Waals surface area contributed by atoms with E-state index in [0.717, 1.165) is 26.2 Å². The maximum absolute atomic E-state index is 13.4. The van der Waals surface area contributed by atoms with Gasteiger partial charge in [0.05, 0.1) is 6.54 Å². The Morgan fingerprint density at radius 3 is 1.88 bits per heavy atom. The van der Waals surface area contributed by atoms with Gasteiger partial charge >= 0.3 is 6.55 Å². The SMILES string of the molecule is FC(F)n1ccnc1CN(Cc1cccn1-c1nccs1)Cc1cccn1-c1nccs1. The van der Waals surface area contributed by atoms with Gasteiger partial charge in [-0.05, 0) is 24.3 Å². The number of hydrogen-bond donors (Lipinski definition) is 0. The molecule has 0 aliphatic heterocycles. The lowest BCUT2D eigenvalue weighted by atomic mass is 10.3. The number of imidazole rings is 1. The number of alkyl halides is 2. The summed E-state index contributed by atoms with van der Waals surface area (Å²) in [6, 6.07) is 7.97. The molecule has 32 heavy (non-hydrogen) atoms. The van der Waals surface area contributed by atoms with E-state index in [-0.39, 0.29) is 6.54 Å². The summed E-state index contributed by atoms with van der Waals surface area (Å²) in [4.78, 5) is 15.1. The molecule has 5 aromatic heterocycles. The van der Waals surface area contributed by atoms with Crippen LogP contribution >= 0.6 is 22.7 Å². The minimum absolute atomic E-state index is 0.267. The van der Waals surface area contributed by atoms with E-state index < -0.39 is 6.55 Å². The molecule has 7 nitrogen and oxygen atoms in total. The van der Waals surface area contributed by atoms with Crippen LogP contribution in [0.25, 0.3) is 10.3 Å². The molecule has 5 rings (SSSR count). The smallest absolute Gasteiger partial charge is 0.296 e. The van der Waals surface area contributed by atoms with Crippen molar-refractivity contribution in [3.8, 4) is 10.3 Å². The summed E-state index contributed by atoms with van der Waals surface area (Å²) in [7, 11) is 0. The first-order chi connectivity index (χ1) is 15.7. The largest absolute Gasteiger partial charge is 0.319 e. The van der Waals surface area contributed by atoms with Crippen molar-refractivity contribution in [1.29, 1.82) is 0 Å². The van der Waals surface area contributed by atoms with Crippen molar-refractivity contribution >= 4 is 22.7 Å². The lowest BCUT2D eigenvalue weighted by molar-refractivity contribution is 0.0632. The molecule has 0 unspecified atom stereocenters. The molecule has 0 bridgehead atoms. The first kappa shape index (κ1) is 20.7. The summed E-state index contributed by atoms with van der Waals surface area (Å²) >= 11 is 3.09. The topological polar surface area (TPSA) is 56.7 Å². The number of nitrogens with zero attached hydrogens (tertiary/aromatic N) is 7. The van der Waals surface area contributed by atoms with Crippen LogP contribution in [0.5, 0.6) is 0 Å². The fourth-order valence-corrected chi connectivity index (χ4v) is 4.92. The summed E-state index contributed by atoms with van der Waals surface area (Å²) in [5.74, 6) is 0.319. The van der Waals surface area contributed by atoms with Crippen LogP contribution in [0.15, 0.2) is 72.2 Å². The fraction of sp³-hybridized carbons (Fsp3) is 0.190. The number of aromatic nitrogens is 6. The van der Waals surface area contributed by atoms with Gasteiger partial charge in [0, 0.05) is 72.4 Å². The van der Waals surface area contributed by atoms with E-state index >= 15 is 0 Å². The third kappa shape index (κ3) is 4.27. The van der Waals surface area contributed by atoms with Crippen molar-refractivity contribution in [2.24, 2.45) is 0 Å². The molecule has 5 heterocycles. The standard InChI is InChI=1S/C21H19F2N7S2/c22-19(23)30-10-5-24-18(30)15-27(13-16-3-1-8-28(16)20-25-6-11-31-20)14-17-4-2-9-29(17)21-26-7-12-32-21/h1-12,19H,13-15H2. The maximum atomic E-state index is 13.4. The fourth-order valence-electron chi connectivity index (χ4n) is 3.60. The Bertz CT molecular complexity index is 1180. The third-order valence-electron chi connectivity index (χ3n) is 5.01. The van der Waals surface area contributed by atoms with Crippen molar-refractivity contribution < 1.29 is 8.78 Å². The van der Waals surface area contributed by atoms with E-state index in [1.807, 2.05) is 56.6 Å². The van der Waals surface area contributed by atoms with Crippen LogP contribution in [0.4, 0.5) is 8.78 Å². The van der Waals surface area contributed by atoms with Crippen molar-refractivity contribution in [3.63, 3.8) is 0 Å². The van der Waals surface area contributed by atoms with Crippen LogP contribution in [-0.4, -0.2) is 33.6 Å². The van der Waals surface area contributed by atoms with Crippen LogP contribution < -0.4 is 0 Å². The molecule has 11 heteroatoms. The molecule has 0 atom stereocenters.